The fraction of sp³-hybridized carbons (Fsp3) is 0.619. The molecular formula is C42H66IN7O3. The fourth-order valence-corrected chi connectivity index (χ4v) is 6.78. The van der Waals surface area contributed by atoms with Crippen molar-refractivity contribution in [2.75, 3.05) is 46.2 Å². The number of carbonyl (C=O) groups excluding carboxylic acids is 1. The number of ether oxygens (including phenoxy) is 2. The Balaban J connectivity index is 1.33. The number of fused-ring (bicyclic) bond motifs is 1. The van der Waals surface area contributed by atoms with Crippen molar-refractivity contribution in [3.8, 4) is 11.5 Å². The van der Waals surface area contributed by atoms with Crippen molar-refractivity contribution in [1.29, 1.82) is 0 Å². The molecule has 3 rings (SSSR count). The molecular weight excluding hydrogens is 777 g/mol. The molecule has 0 aliphatic carbocycles. The molecule has 11 heteroatoms. The Morgan fingerprint density at radius 3 is 2.23 bits per heavy atom. The van der Waals surface area contributed by atoms with E-state index < -0.39 is 0 Å². The summed E-state index contributed by atoms with van der Waals surface area (Å²) in [5.74, 6) is 2.47. The zero-order chi connectivity index (χ0) is 38.1. The first kappa shape index (κ1) is 44.2. The highest BCUT2D eigenvalue weighted by molar-refractivity contribution is 14.1. The van der Waals surface area contributed by atoms with Crippen LogP contribution in [0.1, 0.15) is 128 Å². The van der Waals surface area contributed by atoms with Gasteiger partial charge < -0.3 is 25.0 Å². The lowest BCUT2D eigenvalue weighted by atomic mass is 10.1. The molecule has 0 aliphatic rings. The van der Waals surface area contributed by atoms with Crippen LogP contribution in [-0.4, -0.2) is 71.5 Å². The van der Waals surface area contributed by atoms with Crippen molar-refractivity contribution >= 4 is 45.3 Å². The summed E-state index contributed by atoms with van der Waals surface area (Å²) in [6.07, 6.45) is 29.1. The van der Waals surface area contributed by atoms with Gasteiger partial charge in [0.05, 0.1) is 32.5 Å². The molecule has 0 bridgehead atoms. The standard InChI is InChI=1S/C42H66IN7O3/c1-6-8-10-11-12-13-14-15-16-17-18-19-20-21-22-25-39(51)44-27-23-24-28-49(3)31-34-29-37(52-4)35(38(30-34)53-5)32-50-33-36-40(48-50)41(45-26-9-7-2)47-42(43)46-36/h12-13,15-16,29-30,33H,6-11,14,17-28,31-32H2,1-5H3,(H,44,51)(H,45,46,47)/b13-12-,16-15-. The molecule has 10 nitrogen and oxygen atoms in total. The molecule has 294 valence electrons. The predicted octanol–water partition coefficient (Wildman–Crippen LogP) is 9.85. The summed E-state index contributed by atoms with van der Waals surface area (Å²) in [5, 5.41) is 11.4. The largest absolute Gasteiger partial charge is 0.496 e. The topological polar surface area (TPSA) is 106 Å². The lowest BCUT2D eigenvalue weighted by molar-refractivity contribution is -0.121. The second-order valence-electron chi connectivity index (χ2n) is 13.9. The first-order chi connectivity index (χ1) is 25.9. The monoisotopic (exact) mass is 843 g/mol. The fourth-order valence-electron chi connectivity index (χ4n) is 6.28. The van der Waals surface area contributed by atoms with Gasteiger partial charge in [0.2, 0.25) is 5.91 Å². The molecule has 0 radical (unpaired) electrons. The van der Waals surface area contributed by atoms with Crippen molar-refractivity contribution in [2.24, 2.45) is 0 Å². The Bertz CT molecular complexity index is 1520. The van der Waals surface area contributed by atoms with Crippen LogP contribution in [0.2, 0.25) is 0 Å². The van der Waals surface area contributed by atoms with Gasteiger partial charge >= 0.3 is 0 Å². The molecule has 1 aromatic carbocycles. The van der Waals surface area contributed by atoms with E-state index in [1.807, 2.05) is 10.9 Å². The number of carbonyl (C=O) groups is 1. The van der Waals surface area contributed by atoms with Crippen molar-refractivity contribution in [3.05, 3.63) is 57.6 Å². The summed E-state index contributed by atoms with van der Waals surface area (Å²) < 4.78 is 14.3. The first-order valence-electron chi connectivity index (χ1n) is 20.0. The third kappa shape index (κ3) is 17.2. The minimum atomic E-state index is 0.179. The average Bonchev–Trinajstić information content (AvgIpc) is 3.55. The van der Waals surface area contributed by atoms with Gasteiger partial charge in [-0.25, -0.2) is 9.97 Å². The van der Waals surface area contributed by atoms with Crippen molar-refractivity contribution in [3.63, 3.8) is 0 Å². The minimum Gasteiger partial charge on any atom is -0.496 e. The maximum Gasteiger partial charge on any atom is 0.219 e. The number of methoxy groups -OCH3 is 2. The molecule has 2 heterocycles. The number of anilines is 1. The zero-order valence-electron chi connectivity index (χ0n) is 33.2. The molecule has 3 aromatic rings. The van der Waals surface area contributed by atoms with Crippen molar-refractivity contribution < 1.29 is 14.3 Å². The van der Waals surface area contributed by atoms with Gasteiger partial charge in [-0.15, -0.1) is 0 Å². The van der Waals surface area contributed by atoms with E-state index >= 15 is 0 Å². The summed E-state index contributed by atoms with van der Waals surface area (Å²) in [7, 11) is 5.51. The summed E-state index contributed by atoms with van der Waals surface area (Å²) in [4.78, 5) is 23.8. The Kier molecular flexibility index (Phi) is 22.2. The number of nitrogens with zero attached hydrogens (tertiary/aromatic N) is 5. The van der Waals surface area contributed by atoms with Crippen LogP contribution >= 0.6 is 22.6 Å². The third-order valence-electron chi connectivity index (χ3n) is 9.29. The molecule has 0 atom stereocenters. The third-order valence-corrected chi connectivity index (χ3v) is 9.77. The van der Waals surface area contributed by atoms with Crippen LogP contribution in [0.15, 0.2) is 42.6 Å². The molecule has 2 aromatic heterocycles. The van der Waals surface area contributed by atoms with E-state index in [1.54, 1.807) is 14.2 Å². The van der Waals surface area contributed by atoms with Crippen molar-refractivity contribution in [1.82, 2.24) is 30.0 Å². The highest BCUT2D eigenvalue weighted by Gasteiger charge is 2.17. The average molecular weight is 844 g/mol. The van der Waals surface area contributed by atoms with Crippen LogP contribution in [0.25, 0.3) is 11.0 Å². The number of hydrogen-bond donors (Lipinski definition) is 2. The lowest BCUT2D eigenvalue weighted by Crippen LogP contribution is -2.25. The minimum absolute atomic E-state index is 0.179. The van der Waals surface area contributed by atoms with Gasteiger partial charge in [-0.1, -0.05) is 76.7 Å². The second kappa shape index (κ2) is 26.6. The zero-order valence-corrected chi connectivity index (χ0v) is 35.4. The number of nitrogens with one attached hydrogen (secondary N) is 2. The summed E-state index contributed by atoms with van der Waals surface area (Å²) in [6.45, 7) is 8.16. The molecule has 2 N–H and O–H groups in total. The Hall–Kier alpha value is -3.19. The lowest BCUT2D eigenvalue weighted by Gasteiger charge is -2.20. The van der Waals surface area contributed by atoms with E-state index in [9.17, 15) is 4.79 Å². The summed E-state index contributed by atoms with van der Waals surface area (Å²) in [6, 6.07) is 4.18. The van der Waals surface area contributed by atoms with E-state index in [-0.39, 0.29) is 5.91 Å². The molecule has 0 fully saturated rings. The number of amides is 1. The number of halogens is 1. The first-order valence-corrected chi connectivity index (χ1v) is 21.1. The highest BCUT2D eigenvalue weighted by Crippen LogP contribution is 2.32. The van der Waals surface area contributed by atoms with Crippen LogP contribution in [0, 0.1) is 3.83 Å². The number of aromatic nitrogens is 4. The molecule has 0 spiro atoms. The van der Waals surface area contributed by atoms with Gasteiger partial charge in [0.15, 0.2) is 15.2 Å². The van der Waals surface area contributed by atoms with Gasteiger partial charge in [0.1, 0.15) is 17.0 Å². The number of unbranched alkanes of at least 4 members (excludes halogenated alkanes) is 10. The quantitative estimate of drug-likeness (QED) is 0.0308. The summed E-state index contributed by atoms with van der Waals surface area (Å²) in [5.41, 5.74) is 3.60. The maximum absolute atomic E-state index is 12.3. The number of hydrogen-bond acceptors (Lipinski definition) is 8. The van der Waals surface area contributed by atoms with E-state index in [2.05, 4.69) is 105 Å². The normalized spacial score (nSPS) is 11.8. The number of allylic oxidation sites excluding steroid dienone is 4. The molecule has 0 aliphatic heterocycles. The van der Waals surface area contributed by atoms with Gasteiger partial charge in [0.25, 0.3) is 0 Å². The highest BCUT2D eigenvalue weighted by atomic mass is 127. The SMILES string of the molecule is CCCCC/C=C\C/C=C\CCCCCCCC(=O)NCCCCN(C)Cc1cc(OC)c(Cn2cc3nc(I)nc(NCCCC)c3n2)c(OC)c1. The second-order valence-corrected chi connectivity index (χ2v) is 14.9. The van der Waals surface area contributed by atoms with Gasteiger partial charge in [-0.3, -0.25) is 9.48 Å². The van der Waals surface area contributed by atoms with Gasteiger partial charge in [-0.05, 0) is 89.1 Å². The smallest absolute Gasteiger partial charge is 0.219 e. The number of rotatable bonds is 29. The van der Waals surface area contributed by atoms with Gasteiger partial charge in [0, 0.05) is 48.6 Å². The Morgan fingerprint density at radius 2 is 1.53 bits per heavy atom. The van der Waals surface area contributed by atoms with E-state index in [0.29, 0.717) is 16.8 Å². The van der Waals surface area contributed by atoms with Crippen LogP contribution < -0.4 is 20.1 Å². The van der Waals surface area contributed by atoms with Crippen molar-refractivity contribution in [2.45, 2.75) is 130 Å². The van der Waals surface area contributed by atoms with E-state index in [0.717, 1.165) is 117 Å². The van der Waals surface area contributed by atoms with Crippen LogP contribution in [0.4, 0.5) is 5.82 Å². The molecule has 0 saturated heterocycles. The molecule has 0 saturated carbocycles. The summed E-state index contributed by atoms with van der Waals surface area (Å²) >= 11 is 2.15. The predicted molar refractivity (Wildman–Crippen MR) is 228 cm³/mol. The molecule has 0 unspecified atom stereocenters. The number of benzene rings is 1. The van der Waals surface area contributed by atoms with Crippen LogP contribution in [0.5, 0.6) is 11.5 Å². The van der Waals surface area contributed by atoms with E-state index in [4.69, 9.17) is 14.6 Å². The molecule has 1 amide bonds. The maximum atomic E-state index is 12.3. The van der Waals surface area contributed by atoms with Crippen LogP contribution in [0.3, 0.4) is 0 Å². The molecule has 53 heavy (non-hydrogen) atoms. The van der Waals surface area contributed by atoms with E-state index in [1.165, 1.54) is 44.9 Å². The van der Waals surface area contributed by atoms with Gasteiger partial charge in [-0.2, -0.15) is 5.10 Å². The Labute approximate surface area is 333 Å². The Morgan fingerprint density at radius 1 is 0.849 bits per heavy atom. The van der Waals surface area contributed by atoms with Crippen LogP contribution in [-0.2, 0) is 17.9 Å².